The first-order valence-electron chi connectivity index (χ1n) is 2.52. The SMILES string of the molecule is CNCC(C)=NOC. The first-order chi connectivity index (χ1) is 3.81. The Morgan fingerprint density at radius 3 is 2.75 bits per heavy atom. The minimum Gasteiger partial charge on any atom is -0.399 e. The zero-order valence-electron chi connectivity index (χ0n) is 5.56. The van der Waals surface area contributed by atoms with Crippen molar-refractivity contribution in [3.8, 4) is 0 Å². The number of rotatable bonds is 3. The summed E-state index contributed by atoms with van der Waals surface area (Å²) in [5.74, 6) is 0. The minimum absolute atomic E-state index is 0.786. The van der Waals surface area contributed by atoms with Crippen LogP contribution in [0.5, 0.6) is 0 Å². The van der Waals surface area contributed by atoms with E-state index in [0.29, 0.717) is 0 Å². The van der Waals surface area contributed by atoms with E-state index >= 15 is 0 Å². The molecule has 0 aliphatic rings. The van der Waals surface area contributed by atoms with Crippen LogP contribution in [0.25, 0.3) is 0 Å². The first-order valence-corrected chi connectivity index (χ1v) is 2.52. The maximum atomic E-state index is 4.50. The third kappa shape index (κ3) is 3.61. The quantitative estimate of drug-likeness (QED) is 0.423. The standard InChI is InChI=1S/C5H12N2O/c1-5(4-6-2)7-8-3/h6H,4H2,1-3H3. The van der Waals surface area contributed by atoms with E-state index in [1.807, 2.05) is 14.0 Å². The van der Waals surface area contributed by atoms with Crippen molar-refractivity contribution in [2.75, 3.05) is 20.7 Å². The molecule has 0 atom stereocenters. The first kappa shape index (κ1) is 7.43. The fourth-order valence-electron chi connectivity index (χ4n) is 0.444. The van der Waals surface area contributed by atoms with Crippen molar-refractivity contribution in [2.45, 2.75) is 6.92 Å². The average molecular weight is 116 g/mol. The van der Waals surface area contributed by atoms with E-state index in [-0.39, 0.29) is 0 Å². The Morgan fingerprint density at radius 1 is 1.75 bits per heavy atom. The summed E-state index contributed by atoms with van der Waals surface area (Å²) in [5.41, 5.74) is 0.954. The van der Waals surface area contributed by atoms with Crippen LogP contribution >= 0.6 is 0 Å². The molecule has 0 aromatic carbocycles. The van der Waals surface area contributed by atoms with E-state index < -0.39 is 0 Å². The highest BCUT2D eigenvalue weighted by Crippen LogP contribution is 1.73. The fourth-order valence-corrected chi connectivity index (χ4v) is 0.444. The second-order valence-corrected chi connectivity index (χ2v) is 1.54. The lowest BCUT2D eigenvalue weighted by molar-refractivity contribution is 0.212. The predicted octanol–water partition coefficient (Wildman–Crippen LogP) is 0.228. The molecular formula is C5H12N2O. The molecule has 3 heteroatoms. The Morgan fingerprint density at radius 2 is 2.38 bits per heavy atom. The number of nitrogens with zero attached hydrogens (tertiary/aromatic N) is 1. The Balaban J connectivity index is 3.29. The summed E-state index contributed by atoms with van der Waals surface area (Å²) in [4.78, 5) is 4.50. The van der Waals surface area contributed by atoms with Crippen LogP contribution in [-0.4, -0.2) is 26.4 Å². The minimum atomic E-state index is 0.786. The molecule has 0 aromatic heterocycles. The molecule has 0 amide bonds. The van der Waals surface area contributed by atoms with Crippen LogP contribution in [0, 0.1) is 0 Å². The summed E-state index contributed by atoms with van der Waals surface area (Å²) in [6.45, 7) is 2.69. The zero-order valence-corrected chi connectivity index (χ0v) is 5.56. The second kappa shape index (κ2) is 4.59. The molecule has 0 saturated heterocycles. The number of hydrogen-bond acceptors (Lipinski definition) is 3. The molecule has 0 saturated carbocycles. The van der Waals surface area contributed by atoms with Crippen LogP contribution in [0.15, 0.2) is 5.16 Å². The van der Waals surface area contributed by atoms with Gasteiger partial charge in [-0.15, -0.1) is 0 Å². The molecule has 0 rings (SSSR count). The van der Waals surface area contributed by atoms with Gasteiger partial charge in [0.05, 0.1) is 5.71 Å². The van der Waals surface area contributed by atoms with E-state index in [1.165, 1.54) is 0 Å². The van der Waals surface area contributed by atoms with Crippen molar-refractivity contribution in [3.05, 3.63) is 0 Å². The van der Waals surface area contributed by atoms with Crippen LogP contribution in [0.2, 0.25) is 0 Å². The van der Waals surface area contributed by atoms with Crippen molar-refractivity contribution >= 4 is 5.71 Å². The Labute approximate surface area is 49.7 Å². The fraction of sp³-hybridized carbons (Fsp3) is 0.800. The number of oxime groups is 1. The van der Waals surface area contributed by atoms with Crippen molar-refractivity contribution in [1.82, 2.24) is 5.32 Å². The lowest BCUT2D eigenvalue weighted by Crippen LogP contribution is -2.15. The summed E-state index contributed by atoms with van der Waals surface area (Å²) in [6, 6.07) is 0. The van der Waals surface area contributed by atoms with E-state index in [0.717, 1.165) is 12.3 Å². The zero-order chi connectivity index (χ0) is 6.41. The highest BCUT2D eigenvalue weighted by atomic mass is 16.6. The topological polar surface area (TPSA) is 33.6 Å². The van der Waals surface area contributed by atoms with Gasteiger partial charge in [-0.3, -0.25) is 0 Å². The third-order valence-electron chi connectivity index (χ3n) is 0.680. The van der Waals surface area contributed by atoms with E-state index in [4.69, 9.17) is 0 Å². The maximum Gasteiger partial charge on any atom is 0.106 e. The normalized spacial score (nSPS) is 11.6. The molecule has 8 heavy (non-hydrogen) atoms. The van der Waals surface area contributed by atoms with Gasteiger partial charge in [-0.05, 0) is 14.0 Å². The Hall–Kier alpha value is -0.570. The molecule has 0 aromatic rings. The van der Waals surface area contributed by atoms with Crippen LogP contribution in [-0.2, 0) is 4.84 Å². The van der Waals surface area contributed by atoms with Crippen molar-refractivity contribution in [3.63, 3.8) is 0 Å². The molecular weight excluding hydrogens is 104 g/mol. The predicted molar refractivity (Wildman–Crippen MR) is 34.0 cm³/mol. The summed E-state index contributed by atoms with van der Waals surface area (Å²) in [5, 5.41) is 6.61. The molecule has 0 bridgehead atoms. The lowest BCUT2D eigenvalue weighted by Gasteiger charge is -1.94. The van der Waals surface area contributed by atoms with Gasteiger partial charge >= 0.3 is 0 Å². The number of hydrogen-bond donors (Lipinski definition) is 1. The van der Waals surface area contributed by atoms with Crippen LogP contribution < -0.4 is 5.32 Å². The van der Waals surface area contributed by atoms with E-state index in [9.17, 15) is 0 Å². The van der Waals surface area contributed by atoms with Crippen molar-refractivity contribution in [1.29, 1.82) is 0 Å². The average Bonchev–Trinajstić information content (AvgIpc) is 1.68. The van der Waals surface area contributed by atoms with Crippen molar-refractivity contribution < 1.29 is 4.84 Å². The summed E-state index contributed by atoms with van der Waals surface area (Å²) in [6.07, 6.45) is 0. The largest absolute Gasteiger partial charge is 0.399 e. The molecule has 48 valence electrons. The Kier molecular flexibility index (Phi) is 4.26. The molecule has 0 unspecified atom stereocenters. The van der Waals surface area contributed by atoms with Gasteiger partial charge in [0.2, 0.25) is 0 Å². The van der Waals surface area contributed by atoms with Gasteiger partial charge in [0.25, 0.3) is 0 Å². The number of nitrogens with one attached hydrogen (secondary N) is 1. The Bertz CT molecular complexity index is 80.5. The van der Waals surface area contributed by atoms with Gasteiger partial charge in [0, 0.05) is 6.54 Å². The van der Waals surface area contributed by atoms with Gasteiger partial charge in [-0.1, -0.05) is 5.16 Å². The highest BCUT2D eigenvalue weighted by molar-refractivity contribution is 5.83. The van der Waals surface area contributed by atoms with Gasteiger partial charge in [0.15, 0.2) is 0 Å². The van der Waals surface area contributed by atoms with Crippen molar-refractivity contribution in [2.24, 2.45) is 5.16 Å². The summed E-state index contributed by atoms with van der Waals surface area (Å²) >= 11 is 0. The van der Waals surface area contributed by atoms with Crippen LogP contribution in [0.3, 0.4) is 0 Å². The molecule has 0 radical (unpaired) electrons. The van der Waals surface area contributed by atoms with Gasteiger partial charge in [-0.25, -0.2) is 0 Å². The molecule has 0 fully saturated rings. The molecule has 0 aliphatic carbocycles. The van der Waals surface area contributed by atoms with Crippen LogP contribution in [0.1, 0.15) is 6.92 Å². The van der Waals surface area contributed by atoms with Crippen LogP contribution in [0.4, 0.5) is 0 Å². The second-order valence-electron chi connectivity index (χ2n) is 1.54. The maximum absolute atomic E-state index is 4.50. The van der Waals surface area contributed by atoms with E-state index in [1.54, 1.807) is 7.11 Å². The lowest BCUT2D eigenvalue weighted by atomic mass is 10.4. The molecule has 0 aliphatic heterocycles. The molecule has 1 N–H and O–H groups in total. The monoisotopic (exact) mass is 116 g/mol. The van der Waals surface area contributed by atoms with E-state index in [2.05, 4.69) is 15.3 Å². The highest BCUT2D eigenvalue weighted by Gasteiger charge is 1.84. The summed E-state index contributed by atoms with van der Waals surface area (Å²) in [7, 11) is 3.41. The molecule has 3 nitrogen and oxygen atoms in total. The summed E-state index contributed by atoms with van der Waals surface area (Å²) < 4.78 is 0. The van der Waals surface area contributed by atoms with Gasteiger partial charge in [-0.2, -0.15) is 0 Å². The smallest absolute Gasteiger partial charge is 0.106 e. The van der Waals surface area contributed by atoms with Gasteiger partial charge in [0.1, 0.15) is 7.11 Å². The molecule has 0 spiro atoms. The molecule has 0 heterocycles. The third-order valence-corrected chi connectivity index (χ3v) is 0.680. The van der Waals surface area contributed by atoms with Gasteiger partial charge < -0.3 is 10.2 Å².